The molecule has 0 saturated carbocycles. The fraction of sp³-hybridized carbons (Fsp3) is 0.405. The molecule has 242 valence electrons. The van der Waals surface area contributed by atoms with Crippen LogP contribution in [0.15, 0.2) is 85.2 Å². The first-order chi connectivity index (χ1) is 22.8. The van der Waals surface area contributed by atoms with Crippen molar-refractivity contribution in [1.29, 1.82) is 0 Å². The van der Waals surface area contributed by atoms with Crippen molar-refractivity contribution >= 4 is 0 Å². The Hall–Kier alpha value is -3.86. The van der Waals surface area contributed by atoms with Crippen LogP contribution in [0.2, 0.25) is 0 Å². The van der Waals surface area contributed by atoms with Gasteiger partial charge in [0, 0.05) is 75.9 Å². The molecule has 9 nitrogen and oxygen atoms in total. The minimum atomic E-state index is 0.199. The summed E-state index contributed by atoms with van der Waals surface area (Å²) < 4.78 is 12.2. The minimum absolute atomic E-state index is 0.199. The van der Waals surface area contributed by atoms with Gasteiger partial charge in [0.25, 0.3) is 0 Å². The van der Waals surface area contributed by atoms with Crippen LogP contribution in [0.5, 0.6) is 11.5 Å². The summed E-state index contributed by atoms with van der Waals surface area (Å²) in [6, 6.07) is 25.3. The first-order valence-corrected chi connectivity index (χ1v) is 16.7. The summed E-state index contributed by atoms with van der Waals surface area (Å²) >= 11 is 0. The van der Waals surface area contributed by atoms with Gasteiger partial charge in [0.15, 0.2) is 0 Å². The molecule has 0 aliphatic carbocycles. The van der Waals surface area contributed by atoms with Crippen LogP contribution in [0.3, 0.4) is 0 Å². The van der Waals surface area contributed by atoms with Crippen LogP contribution in [0.25, 0.3) is 11.1 Å². The lowest BCUT2D eigenvalue weighted by atomic mass is 9.98. The van der Waals surface area contributed by atoms with E-state index in [4.69, 9.17) is 9.47 Å². The maximum absolute atomic E-state index is 6.08. The van der Waals surface area contributed by atoms with E-state index in [0.717, 1.165) is 125 Å². The number of rotatable bonds is 8. The van der Waals surface area contributed by atoms with E-state index in [-0.39, 0.29) is 6.79 Å². The lowest BCUT2D eigenvalue weighted by Crippen LogP contribution is -2.36. The van der Waals surface area contributed by atoms with E-state index >= 15 is 0 Å². The third-order valence-corrected chi connectivity index (χ3v) is 8.46. The van der Waals surface area contributed by atoms with E-state index in [1.54, 1.807) is 0 Å². The SMILES string of the molecule is c1ccc(CN(Cc2ccc3c(c2)-c2cc(CN4CCCNCCNCCCNCC4)ccc2OCO3)Cc2ccccn2)nc1. The summed E-state index contributed by atoms with van der Waals surface area (Å²) in [5.41, 5.74) is 6.72. The normalized spacial score (nSPS) is 16.7. The fourth-order valence-electron chi connectivity index (χ4n) is 6.13. The highest BCUT2D eigenvalue weighted by atomic mass is 16.7. The molecule has 1 fully saturated rings. The maximum atomic E-state index is 6.08. The molecule has 4 aromatic rings. The summed E-state index contributed by atoms with van der Waals surface area (Å²) in [5, 5.41) is 10.7. The van der Waals surface area contributed by atoms with Crippen molar-refractivity contribution in [2.45, 2.75) is 39.0 Å². The van der Waals surface area contributed by atoms with Crippen molar-refractivity contribution in [1.82, 2.24) is 35.7 Å². The molecule has 2 aliphatic heterocycles. The number of benzene rings is 2. The van der Waals surface area contributed by atoms with E-state index in [0.29, 0.717) is 0 Å². The lowest BCUT2D eigenvalue weighted by Gasteiger charge is -2.24. The number of ether oxygens (including phenoxy) is 2. The van der Waals surface area contributed by atoms with Crippen LogP contribution < -0.4 is 25.4 Å². The Morgan fingerprint density at radius 3 is 1.87 bits per heavy atom. The van der Waals surface area contributed by atoms with Gasteiger partial charge in [0.05, 0.1) is 11.4 Å². The molecule has 9 heteroatoms. The molecule has 46 heavy (non-hydrogen) atoms. The molecule has 0 amide bonds. The van der Waals surface area contributed by atoms with Gasteiger partial charge in [-0.15, -0.1) is 0 Å². The Morgan fingerprint density at radius 2 is 1.22 bits per heavy atom. The third kappa shape index (κ3) is 9.57. The summed E-state index contributed by atoms with van der Waals surface area (Å²) in [7, 11) is 0. The largest absolute Gasteiger partial charge is 0.457 e. The van der Waals surface area contributed by atoms with Crippen LogP contribution in [-0.4, -0.2) is 78.9 Å². The van der Waals surface area contributed by atoms with E-state index in [1.165, 1.54) is 11.1 Å². The second kappa shape index (κ2) is 17.2. The van der Waals surface area contributed by atoms with Crippen molar-refractivity contribution in [3.05, 3.63) is 108 Å². The minimum Gasteiger partial charge on any atom is -0.457 e. The van der Waals surface area contributed by atoms with Gasteiger partial charge < -0.3 is 25.4 Å². The topological polar surface area (TPSA) is 86.8 Å². The van der Waals surface area contributed by atoms with Gasteiger partial charge in [0.1, 0.15) is 11.5 Å². The van der Waals surface area contributed by atoms with Gasteiger partial charge >= 0.3 is 0 Å². The Labute approximate surface area is 273 Å². The number of fused-ring (bicyclic) bond motifs is 3. The van der Waals surface area contributed by atoms with Crippen LogP contribution in [0.1, 0.15) is 35.4 Å². The third-order valence-electron chi connectivity index (χ3n) is 8.46. The van der Waals surface area contributed by atoms with Gasteiger partial charge in [-0.05, 0) is 98.7 Å². The Bertz CT molecular complexity index is 1430. The molecule has 2 aliphatic rings. The molecular formula is C37H47N7O2. The van der Waals surface area contributed by atoms with Crippen molar-refractivity contribution < 1.29 is 9.47 Å². The molecule has 4 heterocycles. The molecule has 2 aromatic carbocycles. The lowest BCUT2D eigenvalue weighted by molar-refractivity contribution is 0.124. The molecule has 0 unspecified atom stereocenters. The number of pyridine rings is 2. The first-order valence-electron chi connectivity index (χ1n) is 16.7. The average molecular weight is 622 g/mol. The van der Waals surface area contributed by atoms with Crippen molar-refractivity contribution in [2.24, 2.45) is 0 Å². The van der Waals surface area contributed by atoms with Crippen LogP contribution in [0.4, 0.5) is 0 Å². The fourth-order valence-corrected chi connectivity index (χ4v) is 6.13. The smallest absolute Gasteiger partial charge is 0.230 e. The number of hydrogen-bond donors (Lipinski definition) is 3. The highest BCUT2D eigenvalue weighted by molar-refractivity contribution is 5.77. The Kier molecular flexibility index (Phi) is 12.0. The number of hydrogen-bond acceptors (Lipinski definition) is 9. The van der Waals surface area contributed by atoms with Crippen LogP contribution in [-0.2, 0) is 26.2 Å². The second-order valence-corrected chi connectivity index (χ2v) is 12.1. The summed E-state index contributed by atoms with van der Waals surface area (Å²) in [6.07, 6.45) is 5.99. The second-order valence-electron chi connectivity index (χ2n) is 12.1. The summed E-state index contributed by atoms with van der Waals surface area (Å²) in [4.78, 5) is 14.1. The standard InChI is InChI=1S/C37H47N7O2/c1-3-16-41-32(7-1)27-44(28-33-8-2-4-17-42-33)26-31-10-12-37-35(24-31)34-23-30(9-11-36(34)45-29-46-37)25-43-21-6-15-39-19-18-38-13-5-14-40-20-22-43/h1-4,7-12,16-17,23-24,38-40H,5-6,13-15,18-22,25-29H2. The van der Waals surface area contributed by atoms with Crippen molar-refractivity contribution in [3.63, 3.8) is 0 Å². The van der Waals surface area contributed by atoms with Crippen LogP contribution in [0, 0.1) is 0 Å². The summed E-state index contributed by atoms with van der Waals surface area (Å²) in [5.74, 6) is 1.71. The molecular weight excluding hydrogens is 574 g/mol. The van der Waals surface area contributed by atoms with Gasteiger partial charge in [0.2, 0.25) is 6.79 Å². The number of nitrogens with zero attached hydrogens (tertiary/aromatic N) is 4. The zero-order chi connectivity index (χ0) is 31.2. The van der Waals surface area contributed by atoms with Crippen LogP contribution >= 0.6 is 0 Å². The van der Waals surface area contributed by atoms with Crippen molar-refractivity contribution in [3.8, 4) is 22.6 Å². The monoisotopic (exact) mass is 621 g/mol. The Morgan fingerprint density at radius 1 is 0.609 bits per heavy atom. The Balaban J connectivity index is 1.20. The average Bonchev–Trinajstić information content (AvgIpc) is 3.26. The van der Waals surface area contributed by atoms with Crippen molar-refractivity contribution in [2.75, 3.05) is 59.2 Å². The van der Waals surface area contributed by atoms with Gasteiger partial charge in [-0.2, -0.15) is 0 Å². The summed E-state index contributed by atoms with van der Waals surface area (Å²) in [6.45, 7) is 11.6. The highest BCUT2D eigenvalue weighted by Crippen LogP contribution is 2.40. The van der Waals surface area contributed by atoms with E-state index in [9.17, 15) is 0 Å². The molecule has 6 rings (SSSR count). The number of aromatic nitrogens is 2. The van der Waals surface area contributed by atoms with E-state index in [2.05, 4.69) is 84.2 Å². The van der Waals surface area contributed by atoms with Gasteiger partial charge in [-0.3, -0.25) is 19.8 Å². The molecule has 0 bridgehead atoms. The predicted octanol–water partition coefficient (Wildman–Crippen LogP) is 4.44. The molecule has 3 N–H and O–H groups in total. The molecule has 0 radical (unpaired) electrons. The first kappa shape index (κ1) is 32.1. The molecule has 0 spiro atoms. The van der Waals surface area contributed by atoms with E-state index in [1.807, 2.05) is 36.7 Å². The molecule has 0 atom stereocenters. The quantitative estimate of drug-likeness (QED) is 0.264. The zero-order valence-electron chi connectivity index (χ0n) is 26.8. The maximum Gasteiger partial charge on any atom is 0.230 e. The van der Waals surface area contributed by atoms with Gasteiger partial charge in [-0.1, -0.05) is 24.3 Å². The number of nitrogens with one attached hydrogen (secondary N) is 3. The molecule has 1 saturated heterocycles. The molecule has 2 aromatic heterocycles. The zero-order valence-corrected chi connectivity index (χ0v) is 26.8. The van der Waals surface area contributed by atoms with E-state index < -0.39 is 0 Å². The van der Waals surface area contributed by atoms with Gasteiger partial charge in [-0.25, -0.2) is 0 Å². The highest BCUT2D eigenvalue weighted by Gasteiger charge is 2.20. The predicted molar refractivity (Wildman–Crippen MR) is 183 cm³/mol.